The normalized spacial score (nSPS) is 12.9. The molecule has 0 radical (unpaired) electrons. The van der Waals surface area contributed by atoms with Gasteiger partial charge in [0.05, 0.1) is 34.4 Å². The lowest BCUT2D eigenvalue weighted by Gasteiger charge is -2.23. The number of benzene rings is 2. The lowest BCUT2D eigenvalue weighted by atomic mass is 10.0. The molecule has 5 heterocycles. The molecule has 1 N–H and O–H groups in total. The van der Waals surface area contributed by atoms with E-state index in [-0.39, 0.29) is 45.8 Å². The maximum atomic E-state index is 14.7. The summed E-state index contributed by atoms with van der Waals surface area (Å²) in [4.78, 5) is 21.6. The number of alkyl halides is 3. The van der Waals surface area contributed by atoms with E-state index in [0.29, 0.717) is 33.7 Å². The third kappa shape index (κ3) is 4.93. The number of ether oxygens (including phenoxy) is 1. The molecule has 240 valence electrons. The predicted octanol–water partition coefficient (Wildman–Crippen LogP) is 6.44. The molecule has 2 aromatic carbocycles. The molecule has 0 atom stereocenters. The summed E-state index contributed by atoms with van der Waals surface area (Å²) in [6.45, 7) is 0.121. The number of pyridine rings is 2. The van der Waals surface area contributed by atoms with Crippen LogP contribution >= 0.6 is 0 Å². The Hall–Kier alpha value is -5.44. The summed E-state index contributed by atoms with van der Waals surface area (Å²) >= 11 is 0. The van der Waals surface area contributed by atoms with Gasteiger partial charge < -0.3 is 19.0 Å². The molecule has 15 heteroatoms. The number of furan rings is 1. The standard InChI is InChI=1S/C32H23F4N5O5S/c1-37-31(42)28-19-11-18(21-8-9-25-29(39-21)24-12-17-20(33)5-4-6-22(17)41(24)15-45-25)23(40(2)47(3,43)44)13-26(19)46-30(28)16-7-10-27(38-14-16)32(34,35)36/h4-14H,15H2,1-3H3,(H,37,42). The van der Waals surface area contributed by atoms with E-state index in [1.807, 2.05) is 0 Å². The van der Waals surface area contributed by atoms with E-state index in [4.69, 9.17) is 14.1 Å². The number of nitrogens with one attached hydrogen (secondary N) is 1. The summed E-state index contributed by atoms with van der Waals surface area (Å²) in [6.07, 6.45) is -2.71. The largest absolute Gasteiger partial charge is 0.470 e. The van der Waals surface area contributed by atoms with Crippen LogP contribution in [0, 0.1) is 5.82 Å². The second-order valence-electron chi connectivity index (χ2n) is 10.9. The predicted molar refractivity (Wildman–Crippen MR) is 166 cm³/mol. The van der Waals surface area contributed by atoms with E-state index in [9.17, 15) is 30.8 Å². The van der Waals surface area contributed by atoms with Gasteiger partial charge in [0.25, 0.3) is 5.91 Å². The van der Waals surface area contributed by atoms with Crippen molar-refractivity contribution < 1.29 is 39.9 Å². The van der Waals surface area contributed by atoms with Crippen molar-refractivity contribution in [1.29, 1.82) is 0 Å². The number of nitrogens with zero attached hydrogens (tertiary/aromatic N) is 4. The minimum Gasteiger partial charge on any atom is -0.470 e. The Bertz CT molecular complexity index is 2370. The van der Waals surface area contributed by atoms with Crippen LogP contribution in [0.3, 0.4) is 0 Å². The molecule has 1 aliphatic rings. The zero-order chi connectivity index (χ0) is 33.4. The lowest BCUT2D eigenvalue weighted by Crippen LogP contribution is -2.25. The van der Waals surface area contributed by atoms with Crippen molar-refractivity contribution in [3.05, 3.63) is 83.9 Å². The quantitative estimate of drug-likeness (QED) is 0.211. The van der Waals surface area contributed by atoms with Crippen molar-refractivity contribution in [2.75, 3.05) is 24.7 Å². The Balaban J connectivity index is 1.47. The van der Waals surface area contributed by atoms with Crippen LogP contribution in [0.2, 0.25) is 0 Å². The number of carbonyl (C=O) groups excluding carboxylic acids is 1. The maximum Gasteiger partial charge on any atom is 0.433 e. The third-order valence-corrected chi connectivity index (χ3v) is 9.22. The fourth-order valence-corrected chi connectivity index (χ4v) is 6.15. The first-order chi connectivity index (χ1) is 22.3. The van der Waals surface area contributed by atoms with Crippen molar-refractivity contribution in [3.63, 3.8) is 0 Å². The Morgan fingerprint density at radius 2 is 1.85 bits per heavy atom. The topological polar surface area (TPSA) is 120 Å². The highest BCUT2D eigenvalue weighted by Gasteiger charge is 2.33. The number of fused-ring (bicyclic) bond motifs is 6. The summed E-state index contributed by atoms with van der Waals surface area (Å²) in [5, 5.41) is 3.15. The number of hydrogen-bond donors (Lipinski definition) is 1. The minimum atomic E-state index is -4.68. The average Bonchev–Trinajstić information content (AvgIpc) is 3.62. The average molecular weight is 666 g/mol. The van der Waals surface area contributed by atoms with Gasteiger partial charge in [-0.25, -0.2) is 17.8 Å². The molecule has 4 aromatic heterocycles. The molecule has 0 bridgehead atoms. The molecule has 0 spiro atoms. The molecule has 10 nitrogen and oxygen atoms in total. The van der Waals surface area contributed by atoms with Crippen LogP contribution in [-0.4, -0.2) is 49.2 Å². The van der Waals surface area contributed by atoms with Crippen LogP contribution in [-0.2, 0) is 22.9 Å². The second kappa shape index (κ2) is 10.6. The molecule has 6 aromatic rings. The van der Waals surface area contributed by atoms with E-state index in [1.54, 1.807) is 34.9 Å². The minimum absolute atomic E-state index is 0.00392. The van der Waals surface area contributed by atoms with E-state index in [0.717, 1.165) is 28.9 Å². The van der Waals surface area contributed by atoms with Crippen molar-refractivity contribution in [2.24, 2.45) is 0 Å². The van der Waals surface area contributed by atoms with E-state index < -0.39 is 33.6 Å². The third-order valence-electron chi connectivity index (χ3n) is 8.03. The molecule has 7 rings (SSSR count). The number of halogens is 4. The number of sulfonamides is 1. The molecule has 0 saturated carbocycles. The molecular formula is C32H23F4N5O5S. The molecular weight excluding hydrogens is 642 g/mol. The summed E-state index contributed by atoms with van der Waals surface area (Å²) in [5.41, 5.74) is 1.35. The van der Waals surface area contributed by atoms with Gasteiger partial charge in [0.15, 0.2) is 6.73 Å². The molecule has 1 aliphatic heterocycles. The fraction of sp³-hybridized carbons (Fsp3) is 0.156. The van der Waals surface area contributed by atoms with Gasteiger partial charge in [0.2, 0.25) is 10.0 Å². The van der Waals surface area contributed by atoms with Crippen molar-refractivity contribution >= 4 is 43.5 Å². The molecule has 0 aliphatic carbocycles. The molecule has 0 fully saturated rings. The van der Waals surface area contributed by atoms with Crippen LogP contribution in [0.4, 0.5) is 23.2 Å². The number of amides is 1. The van der Waals surface area contributed by atoms with E-state index in [1.165, 1.54) is 32.3 Å². The van der Waals surface area contributed by atoms with Crippen molar-refractivity contribution in [3.8, 4) is 39.7 Å². The summed E-state index contributed by atoms with van der Waals surface area (Å²) in [5.74, 6) is -0.656. The van der Waals surface area contributed by atoms with Crippen LogP contribution in [0.1, 0.15) is 16.1 Å². The number of rotatable bonds is 5. The summed E-state index contributed by atoms with van der Waals surface area (Å²) in [7, 11) is -1.12. The van der Waals surface area contributed by atoms with Gasteiger partial charge in [0, 0.05) is 48.3 Å². The first kappa shape index (κ1) is 30.2. The molecule has 0 saturated heterocycles. The highest BCUT2D eigenvalue weighted by Crippen LogP contribution is 2.44. The first-order valence-corrected chi connectivity index (χ1v) is 15.8. The second-order valence-corrected chi connectivity index (χ2v) is 12.9. The maximum absolute atomic E-state index is 14.7. The summed E-state index contributed by atoms with van der Waals surface area (Å²) in [6, 6.07) is 14.5. The number of aromatic nitrogens is 3. The van der Waals surface area contributed by atoms with Crippen LogP contribution < -0.4 is 14.4 Å². The fourth-order valence-electron chi connectivity index (χ4n) is 5.64. The van der Waals surface area contributed by atoms with Gasteiger partial charge in [-0.3, -0.25) is 14.1 Å². The van der Waals surface area contributed by atoms with Gasteiger partial charge in [-0.15, -0.1) is 0 Å². The Morgan fingerprint density at radius 1 is 1.06 bits per heavy atom. The number of anilines is 1. The number of carbonyl (C=O) groups is 1. The van der Waals surface area contributed by atoms with Crippen molar-refractivity contribution in [1.82, 2.24) is 19.9 Å². The number of hydrogen-bond acceptors (Lipinski definition) is 7. The molecule has 0 unspecified atom stereocenters. The SMILES string of the molecule is CNC(=O)c1c(-c2ccc(C(F)(F)F)nc2)oc2cc(N(C)S(C)(=O)=O)c(-c3ccc4c(n3)-c3cc5c(F)cccc5n3CO4)cc12. The zero-order valence-electron chi connectivity index (χ0n) is 24.8. The zero-order valence-corrected chi connectivity index (χ0v) is 25.6. The smallest absolute Gasteiger partial charge is 0.433 e. The van der Waals surface area contributed by atoms with Crippen LogP contribution in [0.15, 0.2) is 71.3 Å². The molecule has 47 heavy (non-hydrogen) atoms. The monoisotopic (exact) mass is 665 g/mol. The van der Waals surface area contributed by atoms with Gasteiger partial charge in [0.1, 0.15) is 34.3 Å². The Kier molecular flexibility index (Phi) is 6.79. The lowest BCUT2D eigenvalue weighted by molar-refractivity contribution is -0.141. The van der Waals surface area contributed by atoms with Gasteiger partial charge >= 0.3 is 6.18 Å². The van der Waals surface area contributed by atoms with Crippen LogP contribution in [0.25, 0.3) is 55.8 Å². The van der Waals surface area contributed by atoms with Gasteiger partial charge in [-0.05, 0) is 48.5 Å². The highest BCUT2D eigenvalue weighted by atomic mass is 32.2. The highest BCUT2D eigenvalue weighted by molar-refractivity contribution is 7.92. The molecule has 1 amide bonds. The van der Waals surface area contributed by atoms with Gasteiger partial charge in [-0.1, -0.05) is 6.07 Å². The van der Waals surface area contributed by atoms with E-state index in [2.05, 4.69) is 10.3 Å². The Labute approximate surface area is 264 Å². The summed E-state index contributed by atoms with van der Waals surface area (Å²) < 4.78 is 94.6. The van der Waals surface area contributed by atoms with Gasteiger partial charge in [-0.2, -0.15) is 13.2 Å². The van der Waals surface area contributed by atoms with Crippen LogP contribution in [0.5, 0.6) is 5.75 Å². The first-order valence-electron chi connectivity index (χ1n) is 14.0. The van der Waals surface area contributed by atoms with E-state index >= 15 is 0 Å². The van der Waals surface area contributed by atoms with Crippen molar-refractivity contribution in [2.45, 2.75) is 12.9 Å². The Morgan fingerprint density at radius 3 is 2.53 bits per heavy atom.